The van der Waals surface area contributed by atoms with Gasteiger partial charge in [-0.05, 0) is 12.0 Å². The Labute approximate surface area is 107 Å². The van der Waals surface area contributed by atoms with Gasteiger partial charge in [0.25, 0.3) is 0 Å². The molecule has 3 N–H and O–H groups in total. The Balaban J connectivity index is 0.00000144. The van der Waals surface area contributed by atoms with E-state index in [4.69, 9.17) is 10.8 Å². The fraction of sp³-hybridized carbons (Fsp3) is 0.222. The van der Waals surface area contributed by atoms with Gasteiger partial charge in [-0.2, -0.15) is 0 Å². The number of aliphatic carboxylic acids is 1. The van der Waals surface area contributed by atoms with Gasteiger partial charge in [-0.3, -0.25) is 4.79 Å². The Morgan fingerprint density at radius 3 is 2.38 bits per heavy atom. The van der Waals surface area contributed by atoms with E-state index in [0.717, 1.165) is 5.56 Å². The van der Waals surface area contributed by atoms with Gasteiger partial charge in [0.2, 0.25) is 0 Å². The molecule has 0 amide bonds. The monoisotopic (exact) mass is 207 g/mol. The molecule has 0 fully saturated rings. The van der Waals surface area contributed by atoms with Crippen LogP contribution in [0.5, 0.6) is 0 Å². The third-order valence-electron chi connectivity index (χ3n) is 1.62. The second-order valence-electron chi connectivity index (χ2n) is 2.63. The van der Waals surface area contributed by atoms with E-state index < -0.39 is 12.0 Å². The summed E-state index contributed by atoms with van der Waals surface area (Å²) in [6, 6.07) is 8.54. The summed E-state index contributed by atoms with van der Waals surface area (Å²) >= 11 is 0. The molecule has 1 aromatic carbocycles. The van der Waals surface area contributed by atoms with Crippen molar-refractivity contribution in [3.8, 4) is 0 Å². The van der Waals surface area contributed by atoms with Crippen molar-refractivity contribution < 1.29 is 9.90 Å². The van der Waals surface area contributed by atoms with E-state index in [1.807, 2.05) is 30.3 Å². The molecular weight excluding hydrogens is 194 g/mol. The molecule has 68 valence electrons. The summed E-state index contributed by atoms with van der Waals surface area (Å²) < 4.78 is 0. The molecule has 13 heavy (non-hydrogen) atoms. The molecule has 0 heterocycles. The van der Waals surface area contributed by atoms with Crippen LogP contribution < -0.4 is 5.73 Å². The summed E-state index contributed by atoms with van der Waals surface area (Å²) in [5.41, 5.74) is 6.30. The van der Waals surface area contributed by atoms with Gasteiger partial charge in [0, 0.05) is 0 Å². The zero-order valence-electron chi connectivity index (χ0n) is 6.60. The van der Waals surface area contributed by atoms with Crippen molar-refractivity contribution in [2.45, 2.75) is 12.5 Å². The Morgan fingerprint density at radius 2 is 1.92 bits per heavy atom. The maximum atomic E-state index is 10.4. The van der Waals surface area contributed by atoms with E-state index in [1.54, 1.807) is 0 Å². The van der Waals surface area contributed by atoms with Gasteiger partial charge in [0.05, 0.1) is 0 Å². The van der Waals surface area contributed by atoms with Crippen molar-refractivity contribution in [3.05, 3.63) is 35.9 Å². The summed E-state index contributed by atoms with van der Waals surface area (Å²) in [7, 11) is 0. The number of carbonyl (C=O) groups is 1. The first-order valence-corrected chi connectivity index (χ1v) is 3.72. The van der Waals surface area contributed by atoms with E-state index >= 15 is 0 Å². The molecule has 0 unspecified atom stereocenters. The zero-order chi connectivity index (χ0) is 8.97. The molecule has 4 heteroatoms. The normalized spacial score (nSPS) is 11.5. The van der Waals surface area contributed by atoms with Gasteiger partial charge in [0.15, 0.2) is 0 Å². The average molecular weight is 207 g/mol. The van der Waals surface area contributed by atoms with E-state index in [0.29, 0.717) is 6.42 Å². The molecule has 0 aromatic heterocycles. The maximum absolute atomic E-state index is 10.4. The summed E-state index contributed by atoms with van der Waals surface area (Å²) in [4.78, 5) is 10.4. The molecule has 0 aliphatic carbocycles. The molecule has 0 spiro atoms. The molecule has 0 bridgehead atoms. The second-order valence-corrected chi connectivity index (χ2v) is 2.63. The van der Waals surface area contributed by atoms with Gasteiger partial charge >= 0.3 is 43.7 Å². The van der Waals surface area contributed by atoms with Crippen LogP contribution in [0, 0.1) is 0 Å². The first-order valence-electron chi connectivity index (χ1n) is 3.72. The van der Waals surface area contributed by atoms with Crippen LogP contribution in [-0.4, -0.2) is 54.9 Å². The number of hydrogen-bond donors (Lipinski definition) is 2. The van der Waals surface area contributed by atoms with Gasteiger partial charge in [-0.15, -0.1) is 0 Å². The summed E-state index contributed by atoms with van der Waals surface area (Å²) in [5.74, 6) is -0.959. The van der Waals surface area contributed by atoms with Crippen molar-refractivity contribution in [3.63, 3.8) is 0 Å². The van der Waals surface area contributed by atoms with Crippen LogP contribution in [-0.2, 0) is 11.2 Å². The third-order valence-corrected chi connectivity index (χ3v) is 1.62. The number of hydrogen-bond acceptors (Lipinski definition) is 2. The molecule has 0 radical (unpaired) electrons. The third kappa shape index (κ3) is 4.62. The molecule has 1 rings (SSSR count). The zero-order valence-corrected chi connectivity index (χ0v) is 6.60. The van der Waals surface area contributed by atoms with Crippen LogP contribution in [0.4, 0.5) is 0 Å². The SMILES string of the molecule is N[C@@H](Cc1ccccc1)C(=O)O.[CaH2]. The first kappa shape index (κ1) is 12.9. The minimum atomic E-state index is -0.959. The van der Waals surface area contributed by atoms with Gasteiger partial charge in [-0.1, -0.05) is 30.3 Å². The summed E-state index contributed by atoms with van der Waals surface area (Å²) in [5, 5.41) is 8.52. The number of nitrogens with two attached hydrogens (primary N) is 1. The minimum absolute atomic E-state index is 0. The van der Waals surface area contributed by atoms with Crippen LogP contribution in [0.1, 0.15) is 5.56 Å². The fourth-order valence-corrected chi connectivity index (χ4v) is 0.955. The van der Waals surface area contributed by atoms with Crippen molar-refractivity contribution in [1.29, 1.82) is 0 Å². The fourth-order valence-electron chi connectivity index (χ4n) is 0.955. The van der Waals surface area contributed by atoms with Crippen LogP contribution in [0.25, 0.3) is 0 Å². The van der Waals surface area contributed by atoms with Crippen molar-refractivity contribution >= 4 is 43.7 Å². The predicted octanol–water partition coefficient (Wildman–Crippen LogP) is -0.275. The standard InChI is InChI=1S/C9H11NO2.Ca.2H/c10-8(9(11)12)6-7-4-2-1-3-5-7;;;/h1-5,8H,6,10H2,(H,11,12);;;/t8-;;;/m0.../s1. The molecule has 0 saturated heterocycles. The van der Waals surface area contributed by atoms with E-state index in [9.17, 15) is 4.79 Å². The number of rotatable bonds is 3. The second kappa shape index (κ2) is 6.38. The molecule has 0 aliphatic heterocycles. The van der Waals surface area contributed by atoms with Crippen molar-refractivity contribution in [1.82, 2.24) is 0 Å². The molecule has 3 nitrogen and oxygen atoms in total. The summed E-state index contributed by atoms with van der Waals surface area (Å²) in [6.45, 7) is 0. The van der Waals surface area contributed by atoms with Crippen molar-refractivity contribution in [2.75, 3.05) is 0 Å². The van der Waals surface area contributed by atoms with E-state index in [2.05, 4.69) is 0 Å². The Morgan fingerprint density at radius 1 is 1.38 bits per heavy atom. The quantitative estimate of drug-likeness (QED) is 0.670. The van der Waals surface area contributed by atoms with E-state index in [1.165, 1.54) is 0 Å². The molecule has 1 atom stereocenters. The Bertz CT molecular complexity index is 264. The number of benzene rings is 1. The molecular formula is C9H13CaNO2. The Kier molecular flexibility index (Phi) is 6.33. The molecule has 0 aliphatic rings. The average Bonchev–Trinajstić information content (AvgIpc) is 2.06. The van der Waals surface area contributed by atoms with Crippen molar-refractivity contribution in [2.24, 2.45) is 5.73 Å². The summed E-state index contributed by atoms with van der Waals surface area (Å²) in [6.07, 6.45) is 0.385. The predicted molar refractivity (Wildman–Crippen MR) is 54.3 cm³/mol. The van der Waals surface area contributed by atoms with Gasteiger partial charge in [-0.25, -0.2) is 0 Å². The molecule has 0 saturated carbocycles. The first-order chi connectivity index (χ1) is 5.70. The van der Waals surface area contributed by atoms with Gasteiger partial charge in [0.1, 0.15) is 6.04 Å². The topological polar surface area (TPSA) is 63.3 Å². The van der Waals surface area contributed by atoms with Gasteiger partial charge < -0.3 is 10.8 Å². The van der Waals surface area contributed by atoms with Crippen LogP contribution in [0.3, 0.4) is 0 Å². The number of carboxylic acids is 1. The Hall–Kier alpha value is -0.0903. The van der Waals surface area contributed by atoms with Crippen LogP contribution in [0.2, 0.25) is 0 Å². The number of carboxylic acid groups (broad SMARTS) is 1. The van der Waals surface area contributed by atoms with Crippen LogP contribution in [0.15, 0.2) is 30.3 Å². The van der Waals surface area contributed by atoms with Crippen LogP contribution >= 0.6 is 0 Å². The van der Waals surface area contributed by atoms with E-state index in [-0.39, 0.29) is 37.7 Å². The molecule has 1 aromatic rings.